The average molecular weight is 771 g/mol. The van der Waals surface area contributed by atoms with Gasteiger partial charge < -0.3 is 33.2 Å². The SMILES string of the molecule is CCOc1ccc([C@H]2C(C(=O)OC)=CN=c3s/c(=C\c4cc(I)c(OCc5ccc6c(c5)OCO6)c(OC)c4)c(=O)n32)cc1OCC. The predicted octanol–water partition coefficient (Wildman–Crippen LogP) is 4.74. The Hall–Kier alpha value is -4.50. The number of carbonyl (C=O) groups is 1. The van der Waals surface area contributed by atoms with E-state index in [4.69, 9.17) is 33.2 Å². The Labute approximate surface area is 287 Å². The van der Waals surface area contributed by atoms with Crippen molar-refractivity contribution in [3.8, 4) is 34.5 Å². The minimum Gasteiger partial charge on any atom is -0.493 e. The van der Waals surface area contributed by atoms with Crippen LogP contribution in [0.15, 0.2) is 70.1 Å². The summed E-state index contributed by atoms with van der Waals surface area (Å²) in [6, 6.07) is 14.0. The van der Waals surface area contributed by atoms with E-state index in [0.29, 0.717) is 69.2 Å². The molecule has 0 aliphatic carbocycles. The maximum Gasteiger partial charge on any atom is 0.337 e. The van der Waals surface area contributed by atoms with Crippen LogP contribution in [0.25, 0.3) is 6.08 Å². The highest BCUT2D eigenvalue weighted by Gasteiger charge is 2.31. The Balaban J connectivity index is 1.36. The maximum absolute atomic E-state index is 14.1. The van der Waals surface area contributed by atoms with Crippen LogP contribution in [0.1, 0.15) is 36.6 Å². The number of rotatable bonds is 11. The fourth-order valence-corrected chi connectivity index (χ4v) is 7.04. The van der Waals surface area contributed by atoms with Gasteiger partial charge in [-0.3, -0.25) is 9.36 Å². The van der Waals surface area contributed by atoms with Gasteiger partial charge in [-0.25, -0.2) is 9.79 Å². The largest absolute Gasteiger partial charge is 0.493 e. The summed E-state index contributed by atoms with van der Waals surface area (Å²) in [5.41, 5.74) is 2.21. The molecule has 1 atom stereocenters. The lowest BCUT2D eigenvalue weighted by Crippen LogP contribution is -2.39. The molecule has 0 unspecified atom stereocenters. The molecule has 3 heterocycles. The van der Waals surface area contributed by atoms with Crippen LogP contribution in [0, 0.1) is 3.57 Å². The number of esters is 1. The number of halogens is 1. The Morgan fingerprint density at radius 1 is 1.00 bits per heavy atom. The van der Waals surface area contributed by atoms with Crippen molar-refractivity contribution < 1.29 is 38.0 Å². The summed E-state index contributed by atoms with van der Waals surface area (Å²) < 4.78 is 42.1. The molecule has 1 aromatic heterocycles. The summed E-state index contributed by atoms with van der Waals surface area (Å²) in [5, 5.41) is 0. The van der Waals surface area contributed by atoms with Gasteiger partial charge in [-0.05, 0) is 95.6 Å². The van der Waals surface area contributed by atoms with E-state index in [-0.39, 0.29) is 17.9 Å². The highest BCUT2D eigenvalue weighted by atomic mass is 127. The molecule has 3 aromatic carbocycles. The van der Waals surface area contributed by atoms with Gasteiger partial charge in [0.25, 0.3) is 5.56 Å². The van der Waals surface area contributed by atoms with Gasteiger partial charge >= 0.3 is 5.97 Å². The van der Waals surface area contributed by atoms with Gasteiger partial charge in [0.15, 0.2) is 39.3 Å². The van der Waals surface area contributed by atoms with Crippen LogP contribution in [-0.2, 0) is 16.1 Å². The molecule has 0 bridgehead atoms. The van der Waals surface area contributed by atoms with E-state index in [1.165, 1.54) is 29.2 Å². The first-order valence-corrected chi connectivity index (χ1v) is 16.6. The number of hydrogen-bond acceptors (Lipinski definition) is 11. The van der Waals surface area contributed by atoms with Gasteiger partial charge in [-0.2, -0.15) is 0 Å². The summed E-state index contributed by atoms with van der Waals surface area (Å²) in [7, 11) is 2.87. The van der Waals surface area contributed by atoms with Crippen molar-refractivity contribution in [3.63, 3.8) is 0 Å². The molecule has 0 N–H and O–H groups in total. The molecule has 47 heavy (non-hydrogen) atoms. The molecule has 0 radical (unpaired) electrons. The third kappa shape index (κ3) is 6.54. The minimum absolute atomic E-state index is 0.203. The van der Waals surface area contributed by atoms with Crippen molar-refractivity contribution >= 4 is 46.0 Å². The van der Waals surface area contributed by atoms with Crippen LogP contribution in [0.4, 0.5) is 0 Å². The Morgan fingerprint density at radius 3 is 2.55 bits per heavy atom. The summed E-state index contributed by atoms with van der Waals surface area (Å²) in [4.78, 5) is 31.9. The standard InChI is InChI=1S/C34H31IN2O9S/c1-5-42-24-10-8-21(15-27(24)43-6-2)30-22(33(39)41-4)16-36-34-37(30)32(38)29(47-34)14-20-11-23(35)31(28(13-20)40-3)44-17-19-7-9-25-26(12-19)46-18-45-25/h7-16,30H,5-6,17-18H2,1-4H3/b29-14-/t30-/m0/s1. The molecule has 0 fully saturated rings. The second-order valence-electron chi connectivity index (χ2n) is 10.3. The first-order valence-electron chi connectivity index (χ1n) is 14.7. The summed E-state index contributed by atoms with van der Waals surface area (Å²) >= 11 is 3.41. The molecule has 0 amide bonds. The van der Waals surface area contributed by atoms with Crippen molar-refractivity contribution in [1.82, 2.24) is 4.57 Å². The molecular weight excluding hydrogens is 739 g/mol. The minimum atomic E-state index is -0.794. The van der Waals surface area contributed by atoms with Gasteiger partial charge in [0.1, 0.15) is 6.61 Å². The molecule has 13 heteroatoms. The Morgan fingerprint density at radius 2 is 1.79 bits per heavy atom. The number of hydrogen-bond donors (Lipinski definition) is 0. The zero-order valence-corrected chi connectivity index (χ0v) is 29.0. The first-order chi connectivity index (χ1) is 22.8. The van der Waals surface area contributed by atoms with Gasteiger partial charge in [0.2, 0.25) is 6.79 Å². The number of aromatic nitrogens is 1. The smallest absolute Gasteiger partial charge is 0.337 e. The lowest BCUT2D eigenvalue weighted by atomic mass is 9.97. The number of thiazole rings is 1. The molecular formula is C34H31IN2O9S. The van der Waals surface area contributed by atoms with Crippen LogP contribution in [0.3, 0.4) is 0 Å². The quantitative estimate of drug-likeness (QED) is 0.158. The van der Waals surface area contributed by atoms with Crippen LogP contribution >= 0.6 is 33.9 Å². The van der Waals surface area contributed by atoms with Crippen LogP contribution in [0.5, 0.6) is 34.5 Å². The summed E-state index contributed by atoms with van der Waals surface area (Å²) in [5.74, 6) is 2.98. The summed E-state index contributed by atoms with van der Waals surface area (Å²) in [6.07, 6.45) is 3.24. The number of fused-ring (bicyclic) bond motifs is 2. The normalized spacial score (nSPS) is 15.0. The van der Waals surface area contributed by atoms with Gasteiger partial charge in [0.05, 0.1) is 47.2 Å². The molecule has 0 spiro atoms. The van der Waals surface area contributed by atoms with E-state index in [1.807, 2.05) is 50.2 Å². The zero-order valence-electron chi connectivity index (χ0n) is 26.0. The maximum atomic E-state index is 14.1. The van der Waals surface area contributed by atoms with E-state index in [1.54, 1.807) is 25.3 Å². The van der Waals surface area contributed by atoms with E-state index >= 15 is 0 Å². The van der Waals surface area contributed by atoms with Gasteiger partial charge in [-0.15, -0.1) is 0 Å². The zero-order chi connectivity index (χ0) is 33.1. The molecule has 4 aromatic rings. The molecule has 244 valence electrons. The van der Waals surface area contributed by atoms with Crippen LogP contribution < -0.4 is 43.3 Å². The second kappa shape index (κ2) is 14.1. The number of ether oxygens (including phenoxy) is 7. The van der Waals surface area contributed by atoms with E-state index in [0.717, 1.165) is 14.7 Å². The van der Waals surface area contributed by atoms with Crippen molar-refractivity contribution in [2.75, 3.05) is 34.2 Å². The van der Waals surface area contributed by atoms with Gasteiger partial charge in [-0.1, -0.05) is 23.5 Å². The third-order valence-corrected chi connectivity index (χ3v) is 9.18. The molecule has 11 nitrogen and oxygen atoms in total. The van der Waals surface area contributed by atoms with E-state index in [9.17, 15) is 9.59 Å². The van der Waals surface area contributed by atoms with Crippen LogP contribution in [-0.4, -0.2) is 44.8 Å². The van der Waals surface area contributed by atoms with Crippen molar-refractivity contribution in [2.45, 2.75) is 26.5 Å². The second-order valence-corrected chi connectivity index (χ2v) is 12.4. The molecule has 0 saturated carbocycles. The number of benzene rings is 3. The van der Waals surface area contributed by atoms with Gasteiger partial charge in [0, 0.05) is 6.20 Å². The predicted molar refractivity (Wildman–Crippen MR) is 183 cm³/mol. The number of carbonyl (C=O) groups excluding carboxylic acids is 1. The fraction of sp³-hybridized carbons (Fsp3) is 0.265. The molecule has 0 saturated heterocycles. The lowest BCUT2D eigenvalue weighted by molar-refractivity contribution is -0.136. The van der Waals surface area contributed by atoms with Crippen molar-refractivity contribution in [2.24, 2.45) is 4.99 Å². The number of methoxy groups -OCH3 is 2. The Bertz CT molecular complexity index is 2050. The first kappa shape index (κ1) is 32.4. The van der Waals surface area contributed by atoms with E-state index < -0.39 is 12.0 Å². The molecule has 6 rings (SSSR count). The van der Waals surface area contributed by atoms with Crippen LogP contribution in [0.2, 0.25) is 0 Å². The summed E-state index contributed by atoms with van der Waals surface area (Å²) in [6.45, 7) is 5.13. The monoisotopic (exact) mass is 770 g/mol. The fourth-order valence-electron chi connectivity index (χ4n) is 5.29. The number of nitrogens with zero attached hydrogens (tertiary/aromatic N) is 2. The highest BCUT2D eigenvalue weighted by molar-refractivity contribution is 14.1. The van der Waals surface area contributed by atoms with Crippen molar-refractivity contribution in [1.29, 1.82) is 0 Å². The lowest BCUT2D eigenvalue weighted by Gasteiger charge is -2.23. The van der Waals surface area contributed by atoms with E-state index in [2.05, 4.69) is 27.6 Å². The molecule has 2 aliphatic heterocycles. The molecule has 2 aliphatic rings. The van der Waals surface area contributed by atoms with Crippen molar-refractivity contribution in [3.05, 3.63) is 100 Å². The Kier molecular flexibility index (Phi) is 9.73. The third-order valence-electron chi connectivity index (χ3n) is 7.38. The highest BCUT2D eigenvalue weighted by Crippen LogP contribution is 2.37. The average Bonchev–Trinajstić information content (AvgIpc) is 3.67. The topological polar surface area (TPSA) is 116 Å².